The van der Waals surface area contributed by atoms with Crippen LogP contribution in [0.15, 0.2) is 78.9 Å². The van der Waals surface area contributed by atoms with Crippen LogP contribution in [0.2, 0.25) is 0 Å². The Bertz CT molecular complexity index is 1510. The molecule has 3 aromatic carbocycles. The molecule has 0 radical (unpaired) electrons. The lowest BCUT2D eigenvalue weighted by Gasteiger charge is -2.23. The van der Waals surface area contributed by atoms with Gasteiger partial charge in [0.25, 0.3) is 5.91 Å². The van der Waals surface area contributed by atoms with E-state index in [9.17, 15) is 24.3 Å². The van der Waals surface area contributed by atoms with Crippen LogP contribution in [0.4, 0.5) is 0 Å². The summed E-state index contributed by atoms with van der Waals surface area (Å²) in [5.41, 5.74) is 2.91. The van der Waals surface area contributed by atoms with E-state index in [1.807, 2.05) is 57.2 Å². The summed E-state index contributed by atoms with van der Waals surface area (Å²) in [6.07, 6.45) is 1.68. The van der Waals surface area contributed by atoms with Crippen molar-refractivity contribution in [3.63, 3.8) is 0 Å². The average Bonchev–Trinajstić information content (AvgIpc) is 3.92. The van der Waals surface area contributed by atoms with Crippen molar-refractivity contribution in [1.82, 2.24) is 15.5 Å². The standard InChI is InChI=1S/C36H39N3O5/c1-36(2,3)29-16-23(14-15-24(29)35(43)44)34(42)39-19-27(32(40)37-30-17-25(30)21-10-6-4-7-11-21)28(20-39)33(41)38-31-18-26(31)22-12-8-5-9-13-22/h4-16,25-28,30-31H,17-20H2,1-3H3,(H,37,40)(H,38,41)(H,43,44)/t25-,26-,27-,28-,30+,31+/m1/s1. The van der Waals surface area contributed by atoms with Crippen LogP contribution in [-0.4, -0.2) is 58.9 Å². The topological polar surface area (TPSA) is 116 Å². The maximum Gasteiger partial charge on any atom is 0.335 e. The highest BCUT2D eigenvalue weighted by atomic mass is 16.4. The van der Waals surface area contributed by atoms with Crippen molar-refractivity contribution in [1.29, 1.82) is 0 Å². The van der Waals surface area contributed by atoms with E-state index in [1.165, 1.54) is 23.3 Å². The van der Waals surface area contributed by atoms with Crippen LogP contribution in [0.1, 0.15) is 82.9 Å². The summed E-state index contributed by atoms with van der Waals surface area (Å²) in [7, 11) is 0. The SMILES string of the molecule is CC(C)(C)c1cc(C(=O)N2C[C@@H](C(=O)N[C@H]3C[C@@H]3c3ccccc3)[C@H](C(=O)N[C@H]3C[C@@H]3c3ccccc3)C2)ccc1C(=O)O. The van der Waals surface area contributed by atoms with Crippen molar-refractivity contribution in [2.45, 2.75) is 62.9 Å². The predicted octanol–water partition coefficient (Wildman–Crippen LogP) is 4.72. The molecule has 3 aliphatic rings. The van der Waals surface area contributed by atoms with Crippen molar-refractivity contribution in [3.8, 4) is 0 Å². The number of nitrogens with zero attached hydrogens (tertiary/aromatic N) is 1. The van der Waals surface area contributed by atoms with Gasteiger partial charge in [0.2, 0.25) is 11.8 Å². The number of nitrogens with one attached hydrogen (secondary N) is 2. The van der Waals surface area contributed by atoms with Gasteiger partial charge in [-0.3, -0.25) is 14.4 Å². The molecule has 3 aromatic rings. The van der Waals surface area contributed by atoms with Crippen molar-refractivity contribution in [2.75, 3.05) is 13.1 Å². The lowest BCUT2D eigenvalue weighted by atomic mass is 9.82. The average molecular weight is 594 g/mol. The minimum Gasteiger partial charge on any atom is -0.478 e. The first kappa shape index (κ1) is 29.6. The van der Waals surface area contributed by atoms with Gasteiger partial charge in [-0.1, -0.05) is 81.4 Å². The zero-order valence-corrected chi connectivity index (χ0v) is 25.3. The Labute approximate surface area is 257 Å². The van der Waals surface area contributed by atoms with Gasteiger partial charge in [0.05, 0.1) is 17.4 Å². The smallest absolute Gasteiger partial charge is 0.335 e. The number of rotatable bonds is 8. The zero-order chi connectivity index (χ0) is 31.2. The van der Waals surface area contributed by atoms with Gasteiger partial charge in [-0.15, -0.1) is 0 Å². The van der Waals surface area contributed by atoms with E-state index in [0.717, 1.165) is 12.8 Å². The van der Waals surface area contributed by atoms with Gasteiger partial charge >= 0.3 is 5.97 Å². The first-order chi connectivity index (χ1) is 21.0. The van der Waals surface area contributed by atoms with E-state index in [-0.39, 0.29) is 60.3 Å². The van der Waals surface area contributed by atoms with Gasteiger partial charge in [-0.05, 0) is 53.1 Å². The number of carbonyl (C=O) groups is 4. The van der Waals surface area contributed by atoms with Gasteiger partial charge in [0.15, 0.2) is 0 Å². The number of hydrogen-bond donors (Lipinski definition) is 3. The number of amides is 3. The maximum absolute atomic E-state index is 13.8. The van der Waals surface area contributed by atoms with E-state index in [1.54, 1.807) is 11.0 Å². The molecule has 8 heteroatoms. The maximum atomic E-state index is 13.8. The van der Waals surface area contributed by atoms with E-state index in [0.29, 0.717) is 11.1 Å². The number of benzene rings is 3. The second kappa shape index (κ2) is 11.6. The molecule has 0 spiro atoms. The Balaban J connectivity index is 1.20. The van der Waals surface area contributed by atoms with Crippen LogP contribution >= 0.6 is 0 Å². The summed E-state index contributed by atoms with van der Waals surface area (Å²) < 4.78 is 0. The molecule has 8 nitrogen and oxygen atoms in total. The molecule has 6 atom stereocenters. The molecule has 228 valence electrons. The van der Waals surface area contributed by atoms with Crippen molar-refractivity contribution >= 4 is 23.7 Å². The monoisotopic (exact) mass is 593 g/mol. The van der Waals surface area contributed by atoms with Crippen LogP contribution < -0.4 is 10.6 Å². The third-order valence-corrected chi connectivity index (χ3v) is 9.28. The number of carboxylic acids is 1. The highest BCUT2D eigenvalue weighted by molar-refractivity contribution is 5.99. The Kier molecular flexibility index (Phi) is 7.78. The molecule has 1 heterocycles. The predicted molar refractivity (Wildman–Crippen MR) is 166 cm³/mol. The van der Waals surface area contributed by atoms with E-state index in [4.69, 9.17) is 0 Å². The van der Waals surface area contributed by atoms with Crippen LogP contribution in [-0.2, 0) is 15.0 Å². The fraction of sp³-hybridized carbons (Fsp3) is 0.389. The van der Waals surface area contributed by atoms with Crippen LogP contribution in [0.5, 0.6) is 0 Å². The number of carbonyl (C=O) groups excluding carboxylic acids is 3. The van der Waals surface area contributed by atoms with Crippen molar-refractivity contribution < 1.29 is 24.3 Å². The van der Waals surface area contributed by atoms with Gasteiger partial charge in [0, 0.05) is 42.6 Å². The summed E-state index contributed by atoms with van der Waals surface area (Å²) in [5.74, 6) is -2.68. The molecule has 2 aliphatic carbocycles. The largest absolute Gasteiger partial charge is 0.478 e. The Morgan fingerprint density at radius 3 is 1.64 bits per heavy atom. The first-order valence-electron chi connectivity index (χ1n) is 15.4. The third kappa shape index (κ3) is 6.11. The molecule has 3 N–H and O–H groups in total. The number of carboxylic acid groups (broad SMARTS) is 1. The van der Waals surface area contributed by atoms with Crippen LogP contribution in [0, 0.1) is 11.8 Å². The molecule has 1 saturated heterocycles. The summed E-state index contributed by atoms with van der Waals surface area (Å²) in [5, 5.41) is 16.0. The third-order valence-electron chi connectivity index (χ3n) is 9.28. The lowest BCUT2D eigenvalue weighted by molar-refractivity contribution is -0.133. The Morgan fingerprint density at radius 1 is 0.727 bits per heavy atom. The number of hydrogen-bond acceptors (Lipinski definition) is 4. The highest BCUT2D eigenvalue weighted by Gasteiger charge is 2.49. The summed E-state index contributed by atoms with van der Waals surface area (Å²) in [6, 6.07) is 24.7. The van der Waals surface area contributed by atoms with Crippen molar-refractivity contribution in [3.05, 3.63) is 107 Å². The quantitative estimate of drug-likeness (QED) is 0.350. The molecule has 1 aliphatic heterocycles. The van der Waals surface area contributed by atoms with E-state index in [2.05, 4.69) is 34.9 Å². The highest BCUT2D eigenvalue weighted by Crippen LogP contribution is 2.42. The van der Waals surface area contributed by atoms with Crippen molar-refractivity contribution in [2.24, 2.45) is 11.8 Å². The molecule has 2 saturated carbocycles. The van der Waals surface area contributed by atoms with Gasteiger partial charge < -0.3 is 20.6 Å². The van der Waals surface area contributed by atoms with E-state index < -0.39 is 23.2 Å². The van der Waals surface area contributed by atoms with Crippen LogP contribution in [0.3, 0.4) is 0 Å². The summed E-state index contributed by atoms with van der Waals surface area (Å²) >= 11 is 0. The fourth-order valence-electron chi connectivity index (χ4n) is 6.59. The van der Waals surface area contributed by atoms with Crippen LogP contribution in [0.25, 0.3) is 0 Å². The summed E-state index contributed by atoms with van der Waals surface area (Å²) in [6.45, 7) is 5.94. The molecule has 0 unspecified atom stereocenters. The first-order valence-corrected chi connectivity index (χ1v) is 15.4. The number of aromatic carboxylic acids is 1. The minimum atomic E-state index is -1.05. The van der Waals surface area contributed by atoms with Gasteiger partial charge in [-0.25, -0.2) is 4.79 Å². The number of likely N-dealkylation sites (tertiary alicyclic amines) is 1. The van der Waals surface area contributed by atoms with E-state index >= 15 is 0 Å². The molecule has 3 fully saturated rings. The molecular formula is C36H39N3O5. The molecule has 0 aromatic heterocycles. The second-order valence-electron chi connectivity index (χ2n) is 13.5. The molecule has 6 rings (SSSR count). The van der Waals surface area contributed by atoms with Gasteiger partial charge in [0.1, 0.15) is 0 Å². The molecule has 0 bridgehead atoms. The summed E-state index contributed by atoms with van der Waals surface area (Å²) in [4.78, 5) is 54.6. The Hall–Kier alpha value is -4.46. The zero-order valence-electron chi connectivity index (χ0n) is 25.3. The minimum absolute atomic E-state index is 0.00200. The normalized spacial score (nSPS) is 25.7. The molecule has 3 amide bonds. The Morgan fingerprint density at radius 2 is 1.20 bits per heavy atom. The second-order valence-corrected chi connectivity index (χ2v) is 13.5. The molecular weight excluding hydrogens is 554 g/mol. The fourth-order valence-corrected chi connectivity index (χ4v) is 6.59. The molecule has 44 heavy (non-hydrogen) atoms. The van der Waals surface area contributed by atoms with Gasteiger partial charge in [-0.2, -0.15) is 0 Å². The lowest BCUT2D eigenvalue weighted by Crippen LogP contribution is -2.43.